The third kappa shape index (κ3) is 3.71. The van der Waals surface area contributed by atoms with Gasteiger partial charge in [0, 0.05) is 37.8 Å². The summed E-state index contributed by atoms with van der Waals surface area (Å²) in [5.41, 5.74) is -1.15. The van der Waals surface area contributed by atoms with Crippen molar-refractivity contribution < 1.29 is 23.1 Å². The van der Waals surface area contributed by atoms with Gasteiger partial charge in [-0.2, -0.15) is 13.2 Å². The van der Waals surface area contributed by atoms with Crippen molar-refractivity contribution >= 4 is 5.91 Å². The minimum atomic E-state index is -4.59. The Morgan fingerprint density at radius 1 is 1.14 bits per heavy atom. The van der Waals surface area contributed by atoms with Gasteiger partial charge in [0.2, 0.25) is 0 Å². The lowest BCUT2D eigenvalue weighted by molar-refractivity contribution is -0.137. The maximum Gasteiger partial charge on any atom is 0.416 e. The van der Waals surface area contributed by atoms with Crippen molar-refractivity contribution in [2.75, 3.05) is 26.2 Å². The van der Waals surface area contributed by atoms with E-state index >= 15 is 0 Å². The van der Waals surface area contributed by atoms with Gasteiger partial charge in [-0.1, -0.05) is 0 Å². The molecular formula is C15H19F3N2O2. The molecule has 1 aromatic rings. The van der Waals surface area contributed by atoms with E-state index in [1.54, 1.807) is 0 Å². The Bertz CT molecular complexity index is 550. The van der Waals surface area contributed by atoms with Crippen LogP contribution in [0.25, 0.3) is 0 Å². The van der Waals surface area contributed by atoms with Crippen molar-refractivity contribution in [2.24, 2.45) is 0 Å². The molecule has 1 N–H and O–H groups in total. The van der Waals surface area contributed by atoms with E-state index in [4.69, 9.17) is 0 Å². The fourth-order valence-corrected chi connectivity index (χ4v) is 2.52. The number of phenols is 1. The molecule has 22 heavy (non-hydrogen) atoms. The quantitative estimate of drug-likeness (QED) is 0.912. The van der Waals surface area contributed by atoms with Crippen molar-refractivity contribution in [2.45, 2.75) is 26.1 Å². The van der Waals surface area contributed by atoms with Gasteiger partial charge < -0.3 is 10.0 Å². The predicted molar refractivity (Wildman–Crippen MR) is 75.7 cm³/mol. The number of rotatable bonds is 2. The highest BCUT2D eigenvalue weighted by atomic mass is 19.4. The number of piperazine rings is 1. The molecule has 0 aromatic heterocycles. The van der Waals surface area contributed by atoms with E-state index in [2.05, 4.69) is 18.7 Å². The van der Waals surface area contributed by atoms with E-state index in [1.165, 1.54) is 4.90 Å². The van der Waals surface area contributed by atoms with E-state index in [-0.39, 0.29) is 5.56 Å². The molecule has 1 saturated heterocycles. The largest absolute Gasteiger partial charge is 0.508 e. The molecule has 1 fully saturated rings. The molecule has 1 heterocycles. The normalized spacial score (nSPS) is 17.1. The monoisotopic (exact) mass is 316 g/mol. The number of hydrogen-bond donors (Lipinski definition) is 1. The predicted octanol–water partition coefficient (Wildman–Crippen LogP) is 2.58. The summed E-state index contributed by atoms with van der Waals surface area (Å²) in [4.78, 5) is 16.1. The number of halogens is 3. The first-order valence-corrected chi connectivity index (χ1v) is 7.13. The number of carbonyl (C=O) groups excluding carboxylic acids is 1. The molecule has 0 radical (unpaired) electrons. The van der Waals surface area contributed by atoms with Crippen LogP contribution in [0.15, 0.2) is 18.2 Å². The van der Waals surface area contributed by atoms with Crippen molar-refractivity contribution in [3.8, 4) is 5.75 Å². The fraction of sp³-hybridized carbons (Fsp3) is 0.533. The molecule has 0 bridgehead atoms. The van der Waals surface area contributed by atoms with Crippen LogP contribution >= 0.6 is 0 Å². The van der Waals surface area contributed by atoms with Gasteiger partial charge in [0.1, 0.15) is 5.75 Å². The second-order valence-electron chi connectivity index (χ2n) is 5.69. The average molecular weight is 316 g/mol. The molecule has 0 unspecified atom stereocenters. The van der Waals surface area contributed by atoms with Gasteiger partial charge in [-0.05, 0) is 32.0 Å². The zero-order valence-electron chi connectivity index (χ0n) is 12.5. The topological polar surface area (TPSA) is 43.8 Å². The Kier molecular flexibility index (Phi) is 4.65. The van der Waals surface area contributed by atoms with Crippen LogP contribution in [0.2, 0.25) is 0 Å². The van der Waals surface area contributed by atoms with E-state index in [1.807, 2.05) is 0 Å². The molecule has 0 spiro atoms. The molecular weight excluding hydrogens is 297 g/mol. The van der Waals surface area contributed by atoms with Crippen LogP contribution < -0.4 is 0 Å². The van der Waals surface area contributed by atoms with Crippen molar-refractivity contribution in [1.82, 2.24) is 9.80 Å². The molecule has 0 aliphatic carbocycles. The highest BCUT2D eigenvalue weighted by Crippen LogP contribution is 2.32. The molecule has 122 valence electrons. The third-order valence-corrected chi connectivity index (χ3v) is 3.82. The van der Waals surface area contributed by atoms with Crippen LogP contribution in [0.4, 0.5) is 13.2 Å². The number of phenolic OH excluding ortho intramolecular Hbond substituents is 1. The number of hydrogen-bond acceptors (Lipinski definition) is 3. The maximum absolute atomic E-state index is 12.8. The van der Waals surface area contributed by atoms with Gasteiger partial charge in [0.15, 0.2) is 0 Å². The van der Waals surface area contributed by atoms with Crippen molar-refractivity contribution in [3.05, 3.63) is 29.3 Å². The minimum absolute atomic E-state index is 0.134. The van der Waals surface area contributed by atoms with Crippen molar-refractivity contribution in [3.63, 3.8) is 0 Å². The van der Waals surface area contributed by atoms with Crippen LogP contribution in [-0.2, 0) is 6.18 Å². The average Bonchev–Trinajstić information content (AvgIpc) is 2.45. The molecule has 1 aromatic carbocycles. The fourth-order valence-electron chi connectivity index (χ4n) is 2.52. The van der Waals surface area contributed by atoms with E-state index in [0.29, 0.717) is 38.3 Å². The Morgan fingerprint density at radius 3 is 2.23 bits per heavy atom. The van der Waals surface area contributed by atoms with Gasteiger partial charge >= 0.3 is 6.18 Å². The summed E-state index contributed by atoms with van der Waals surface area (Å²) in [5.74, 6) is -1.04. The number of alkyl halides is 3. The summed E-state index contributed by atoms with van der Waals surface area (Å²) in [6.07, 6.45) is -4.59. The highest BCUT2D eigenvalue weighted by molar-refractivity contribution is 5.95. The first-order chi connectivity index (χ1) is 10.2. The first-order valence-electron chi connectivity index (χ1n) is 7.13. The summed E-state index contributed by atoms with van der Waals surface area (Å²) >= 11 is 0. The SMILES string of the molecule is CC(C)N1CCN(C(=O)c2cc(O)cc(C(F)(F)F)c2)CC1. The molecule has 4 nitrogen and oxygen atoms in total. The van der Waals surface area contributed by atoms with Gasteiger partial charge in [0.25, 0.3) is 5.91 Å². The van der Waals surface area contributed by atoms with Crippen LogP contribution in [-0.4, -0.2) is 53.0 Å². The van der Waals surface area contributed by atoms with E-state index in [9.17, 15) is 23.1 Å². The second-order valence-corrected chi connectivity index (χ2v) is 5.69. The number of amides is 1. The second kappa shape index (κ2) is 6.16. The molecule has 2 rings (SSSR count). The van der Waals surface area contributed by atoms with Crippen LogP contribution in [0.1, 0.15) is 29.8 Å². The Labute approximate surface area is 127 Å². The van der Waals surface area contributed by atoms with Gasteiger partial charge in [0.05, 0.1) is 5.56 Å². The molecule has 0 saturated carbocycles. The molecule has 1 aliphatic rings. The molecule has 0 atom stereocenters. The van der Waals surface area contributed by atoms with E-state index < -0.39 is 23.4 Å². The molecule has 1 amide bonds. The smallest absolute Gasteiger partial charge is 0.416 e. The van der Waals surface area contributed by atoms with Crippen LogP contribution in [0.3, 0.4) is 0 Å². The Morgan fingerprint density at radius 2 is 1.73 bits per heavy atom. The van der Waals surface area contributed by atoms with Crippen LogP contribution in [0.5, 0.6) is 5.75 Å². The lowest BCUT2D eigenvalue weighted by Crippen LogP contribution is -2.50. The number of carbonyl (C=O) groups is 1. The van der Waals surface area contributed by atoms with Gasteiger partial charge in [-0.3, -0.25) is 9.69 Å². The zero-order valence-corrected chi connectivity index (χ0v) is 12.5. The summed E-state index contributed by atoms with van der Waals surface area (Å²) in [6, 6.07) is 2.85. The Hall–Kier alpha value is -1.76. The molecule has 1 aliphatic heterocycles. The van der Waals surface area contributed by atoms with Gasteiger partial charge in [-0.15, -0.1) is 0 Å². The number of benzene rings is 1. The highest BCUT2D eigenvalue weighted by Gasteiger charge is 2.32. The third-order valence-electron chi connectivity index (χ3n) is 3.82. The summed E-state index contributed by atoms with van der Waals surface area (Å²) in [7, 11) is 0. The Balaban J connectivity index is 2.15. The van der Waals surface area contributed by atoms with Gasteiger partial charge in [-0.25, -0.2) is 0 Å². The van der Waals surface area contributed by atoms with Crippen molar-refractivity contribution in [1.29, 1.82) is 0 Å². The number of nitrogens with zero attached hydrogens (tertiary/aromatic N) is 2. The summed E-state index contributed by atoms with van der Waals surface area (Å²) in [6.45, 7) is 6.43. The van der Waals surface area contributed by atoms with E-state index in [0.717, 1.165) is 12.1 Å². The summed E-state index contributed by atoms with van der Waals surface area (Å²) < 4.78 is 38.3. The lowest BCUT2D eigenvalue weighted by Gasteiger charge is -2.37. The summed E-state index contributed by atoms with van der Waals surface area (Å²) in [5, 5.41) is 9.44. The minimum Gasteiger partial charge on any atom is -0.508 e. The standard InChI is InChI=1S/C15H19F3N2O2/c1-10(2)19-3-5-20(6-4-19)14(22)11-7-12(15(16,17)18)9-13(21)8-11/h7-10,21H,3-6H2,1-2H3. The maximum atomic E-state index is 12.8. The number of aromatic hydroxyl groups is 1. The van der Waals surface area contributed by atoms with Crippen LogP contribution in [0, 0.1) is 0 Å². The zero-order chi connectivity index (χ0) is 16.5. The molecule has 7 heteroatoms. The lowest BCUT2D eigenvalue weighted by atomic mass is 10.1. The first kappa shape index (κ1) is 16.6.